The van der Waals surface area contributed by atoms with E-state index in [1.54, 1.807) is 0 Å². The van der Waals surface area contributed by atoms with Crippen molar-refractivity contribution in [1.29, 1.82) is 0 Å². The molecule has 1 aromatic carbocycles. The fraction of sp³-hybridized carbons (Fsp3) is 0.650. The lowest BCUT2D eigenvalue weighted by molar-refractivity contribution is -0.127. The Hall–Kier alpha value is -1.11. The molecular formula is C20H30O. The van der Waals surface area contributed by atoms with Crippen LogP contribution in [0.5, 0.6) is 0 Å². The average Bonchev–Trinajstić information content (AvgIpc) is 2.37. The van der Waals surface area contributed by atoms with Gasteiger partial charge in [0.1, 0.15) is 5.78 Å². The first-order valence-electron chi connectivity index (χ1n) is 8.32. The van der Waals surface area contributed by atoms with Gasteiger partial charge in [-0.3, -0.25) is 4.79 Å². The van der Waals surface area contributed by atoms with Crippen LogP contribution >= 0.6 is 0 Å². The van der Waals surface area contributed by atoms with Crippen LogP contribution in [0, 0.1) is 11.3 Å². The highest BCUT2D eigenvalue weighted by atomic mass is 16.1. The number of ketones is 1. The predicted octanol–water partition coefficient (Wildman–Crippen LogP) is 5.31. The molecule has 1 aromatic rings. The summed E-state index contributed by atoms with van der Waals surface area (Å²) in [4.78, 5) is 12.7. The van der Waals surface area contributed by atoms with E-state index in [1.807, 2.05) is 0 Å². The van der Waals surface area contributed by atoms with Crippen molar-refractivity contribution in [1.82, 2.24) is 0 Å². The highest BCUT2D eigenvalue weighted by Gasteiger charge is 2.36. The summed E-state index contributed by atoms with van der Waals surface area (Å²) in [5.74, 6) is 0.678. The molecule has 1 unspecified atom stereocenters. The van der Waals surface area contributed by atoms with E-state index in [0.29, 0.717) is 12.2 Å². The zero-order valence-electron chi connectivity index (χ0n) is 14.3. The minimum absolute atomic E-state index is 0.175. The van der Waals surface area contributed by atoms with Crippen LogP contribution in [-0.2, 0) is 16.6 Å². The second-order valence-corrected chi connectivity index (χ2v) is 8.38. The Labute approximate surface area is 130 Å². The Balaban J connectivity index is 2.06. The summed E-state index contributed by atoms with van der Waals surface area (Å²) in [7, 11) is 0. The second kappa shape index (κ2) is 5.94. The van der Waals surface area contributed by atoms with E-state index >= 15 is 0 Å². The van der Waals surface area contributed by atoms with Crippen LogP contribution in [0.4, 0.5) is 0 Å². The summed E-state index contributed by atoms with van der Waals surface area (Å²) in [6.45, 7) is 11.2. The number of Topliss-reactive ketones (excluding diaryl/α,β-unsaturated/α-hetero) is 1. The molecule has 2 rings (SSSR count). The fourth-order valence-corrected chi connectivity index (χ4v) is 3.54. The highest BCUT2D eigenvalue weighted by molar-refractivity contribution is 5.84. The lowest BCUT2D eigenvalue weighted by Crippen LogP contribution is -2.34. The molecule has 1 fully saturated rings. The van der Waals surface area contributed by atoms with Crippen LogP contribution in [0.3, 0.4) is 0 Å². The van der Waals surface area contributed by atoms with Crippen molar-refractivity contribution in [3.05, 3.63) is 35.4 Å². The Kier molecular flexibility index (Phi) is 4.60. The van der Waals surface area contributed by atoms with Crippen molar-refractivity contribution < 1.29 is 4.79 Å². The molecule has 0 bridgehead atoms. The normalized spacial score (nSPS) is 22.0. The van der Waals surface area contributed by atoms with Gasteiger partial charge in [-0.2, -0.15) is 0 Å². The van der Waals surface area contributed by atoms with Crippen LogP contribution in [0.1, 0.15) is 71.4 Å². The minimum atomic E-state index is 0.175. The maximum atomic E-state index is 12.7. The molecule has 0 radical (unpaired) electrons. The first-order valence-corrected chi connectivity index (χ1v) is 8.32. The zero-order valence-corrected chi connectivity index (χ0v) is 14.3. The smallest absolute Gasteiger partial charge is 0.140 e. The summed E-state index contributed by atoms with van der Waals surface area (Å²) < 4.78 is 0. The van der Waals surface area contributed by atoms with Crippen LogP contribution in [0.15, 0.2) is 24.3 Å². The zero-order chi connectivity index (χ0) is 15.7. The number of benzene rings is 1. The van der Waals surface area contributed by atoms with Crippen molar-refractivity contribution in [3.63, 3.8) is 0 Å². The number of rotatable bonds is 3. The van der Waals surface area contributed by atoms with Gasteiger partial charge in [0, 0.05) is 12.3 Å². The molecule has 0 spiro atoms. The third kappa shape index (κ3) is 3.96. The summed E-state index contributed by atoms with van der Waals surface area (Å²) in [5, 5.41) is 0. The first-order chi connectivity index (χ1) is 9.70. The molecule has 1 aliphatic carbocycles. The monoisotopic (exact) mass is 286 g/mol. The molecule has 0 N–H and O–H groups in total. The number of hydrogen-bond donors (Lipinski definition) is 0. The van der Waals surface area contributed by atoms with E-state index in [0.717, 1.165) is 12.0 Å². The van der Waals surface area contributed by atoms with Gasteiger partial charge in [0.15, 0.2) is 0 Å². The van der Waals surface area contributed by atoms with Crippen molar-refractivity contribution in [2.24, 2.45) is 11.3 Å². The molecule has 1 nitrogen and oxygen atoms in total. The Morgan fingerprint density at radius 2 is 1.76 bits per heavy atom. The van der Waals surface area contributed by atoms with E-state index in [2.05, 4.69) is 58.9 Å². The summed E-state index contributed by atoms with van der Waals surface area (Å²) in [6, 6.07) is 8.62. The SMILES string of the molecule is CC(C)(C)c1ccc(CC(=O)C2CCCCC2(C)C)cc1. The van der Waals surface area contributed by atoms with Crippen LogP contribution in [-0.4, -0.2) is 5.78 Å². The Morgan fingerprint density at radius 3 is 2.29 bits per heavy atom. The molecule has 0 aliphatic heterocycles. The molecule has 1 heteroatoms. The van der Waals surface area contributed by atoms with Gasteiger partial charge >= 0.3 is 0 Å². The van der Waals surface area contributed by atoms with Crippen molar-refractivity contribution in [3.8, 4) is 0 Å². The summed E-state index contributed by atoms with van der Waals surface area (Å²) in [6.07, 6.45) is 5.34. The van der Waals surface area contributed by atoms with Crippen molar-refractivity contribution in [2.75, 3.05) is 0 Å². The van der Waals surface area contributed by atoms with Gasteiger partial charge < -0.3 is 0 Å². The van der Waals surface area contributed by atoms with Crippen LogP contribution < -0.4 is 0 Å². The largest absolute Gasteiger partial charge is 0.299 e. The van der Waals surface area contributed by atoms with Crippen molar-refractivity contribution in [2.45, 2.75) is 72.1 Å². The third-order valence-corrected chi connectivity index (χ3v) is 5.09. The second-order valence-electron chi connectivity index (χ2n) is 8.38. The van der Waals surface area contributed by atoms with E-state index in [9.17, 15) is 4.79 Å². The maximum Gasteiger partial charge on any atom is 0.140 e. The molecule has 21 heavy (non-hydrogen) atoms. The van der Waals surface area contributed by atoms with Gasteiger partial charge in [-0.1, -0.05) is 71.7 Å². The average molecular weight is 286 g/mol. The first kappa shape index (κ1) is 16.3. The lowest BCUT2D eigenvalue weighted by atomic mass is 9.66. The molecular weight excluding hydrogens is 256 g/mol. The molecule has 1 saturated carbocycles. The third-order valence-electron chi connectivity index (χ3n) is 5.09. The number of hydrogen-bond acceptors (Lipinski definition) is 1. The van der Waals surface area contributed by atoms with E-state index in [4.69, 9.17) is 0 Å². The molecule has 116 valence electrons. The number of carbonyl (C=O) groups excluding carboxylic acids is 1. The minimum Gasteiger partial charge on any atom is -0.299 e. The fourth-order valence-electron chi connectivity index (χ4n) is 3.54. The van der Waals surface area contributed by atoms with Gasteiger partial charge in [0.25, 0.3) is 0 Å². The standard InChI is InChI=1S/C20H30O/c1-19(2,3)16-11-9-15(10-12-16)14-18(21)17-8-6-7-13-20(17,4)5/h9-12,17H,6-8,13-14H2,1-5H3. The van der Waals surface area contributed by atoms with Gasteiger partial charge in [-0.15, -0.1) is 0 Å². The Bertz CT molecular complexity index is 488. The van der Waals surface area contributed by atoms with E-state index in [1.165, 1.54) is 24.8 Å². The van der Waals surface area contributed by atoms with Gasteiger partial charge in [-0.25, -0.2) is 0 Å². The van der Waals surface area contributed by atoms with E-state index < -0.39 is 0 Å². The molecule has 0 aromatic heterocycles. The predicted molar refractivity (Wildman–Crippen MR) is 89.6 cm³/mol. The van der Waals surface area contributed by atoms with Crippen LogP contribution in [0.2, 0.25) is 0 Å². The lowest BCUT2D eigenvalue weighted by Gasteiger charge is -2.37. The van der Waals surface area contributed by atoms with Crippen molar-refractivity contribution >= 4 is 5.78 Å². The van der Waals surface area contributed by atoms with Crippen LogP contribution in [0.25, 0.3) is 0 Å². The summed E-state index contributed by atoms with van der Waals surface area (Å²) in [5.41, 5.74) is 2.85. The molecule has 1 aliphatic rings. The highest BCUT2D eigenvalue weighted by Crippen LogP contribution is 2.41. The maximum absolute atomic E-state index is 12.7. The van der Waals surface area contributed by atoms with E-state index in [-0.39, 0.29) is 16.7 Å². The quantitative estimate of drug-likeness (QED) is 0.735. The topological polar surface area (TPSA) is 17.1 Å². The molecule has 1 atom stereocenters. The van der Waals surface area contributed by atoms with Gasteiger partial charge in [0.2, 0.25) is 0 Å². The molecule has 0 saturated heterocycles. The molecule has 0 heterocycles. The van der Waals surface area contributed by atoms with Gasteiger partial charge in [0.05, 0.1) is 0 Å². The Morgan fingerprint density at radius 1 is 1.14 bits per heavy atom. The number of carbonyl (C=O) groups is 1. The summed E-state index contributed by atoms with van der Waals surface area (Å²) >= 11 is 0. The van der Waals surface area contributed by atoms with Gasteiger partial charge in [-0.05, 0) is 34.8 Å². The molecule has 0 amide bonds.